The Bertz CT molecular complexity index is 213. The zero-order chi connectivity index (χ0) is 10.4. The third kappa shape index (κ3) is 3.71. The van der Waals surface area contributed by atoms with Crippen molar-refractivity contribution in [1.82, 2.24) is 16.0 Å². The summed E-state index contributed by atoms with van der Waals surface area (Å²) < 4.78 is 0. The Kier molecular flexibility index (Phi) is 4.34. The van der Waals surface area contributed by atoms with E-state index in [1.54, 1.807) is 0 Å². The lowest BCUT2D eigenvalue weighted by Gasteiger charge is -2.23. The molecule has 1 unspecified atom stereocenters. The lowest BCUT2D eigenvalue weighted by Crippen LogP contribution is -2.55. The molecule has 6 heteroatoms. The summed E-state index contributed by atoms with van der Waals surface area (Å²) >= 11 is 0. The van der Waals surface area contributed by atoms with Gasteiger partial charge in [0.1, 0.15) is 0 Å². The van der Waals surface area contributed by atoms with Crippen LogP contribution in [0.4, 0.5) is 0 Å². The summed E-state index contributed by atoms with van der Waals surface area (Å²) in [5, 5.41) is 8.81. The minimum Gasteiger partial charge on any atom is -0.370 e. The second kappa shape index (κ2) is 5.56. The van der Waals surface area contributed by atoms with Crippen molar-refractivity contribution in [2.75, 3.05) is 26.2 Å². The van der Waals surface area contributed by atoms with Crippen molar-refractivity contribution in [3.05, 3.63) is 0 Å². The molecule has 2 amide bonds. The third-order valence-corrected chi connectivity index (χ3v) is 2.03. The van der Waals surface area contributed by atoms with Gasteiger partial charge in [-0.15, -0.1) is 0 Å². The Morgan fingerprint density at radius 1 is 1.43 bits per heavy atom. The number of amides is 2. The van der Waals surface area contributed by atoms with Crippen molar-refractivity contribution in [2.24, 2.45) is 5.73 Å². The maximum atomic E-state index is 11.4. The second-order valence-corrected chi connectivity index (χ2v) is 3.22. The number of hydrogen-bond acceptors (Lipinski definition) is 4. The van der Waals surface area contributed by atoms with Gasteiger partial charge in [0.15, 0.2) is 0 Å². The Morgan fingerprint density at radius 3 is 2.79 bits per heavy atom. The number of piperazine rings is 1. The molecular formula is C8H16N4O2. The average molecular weight is 200 g/mol. The van der Waals surface area contributed by atoms with Gasteiger partial charge in [0.2, 0.25) is 11.8 Å². The fraction of sp³-hybridized carbons (Fsp3) is 0.750. The maximum absolute atomic E-state index is 11.4. The highest BCUT2D eigenvalue weighted by molar-refractivity contribution is 5.82. The molecule has 0 aliphatic carbocycles. The van der Waals surface area contributed by atoms with E-state index in [0.29, 0.717) is 13.1 Å². The van der Waals surface area contributed by atoms with Crippen molar-refractivity contribution < 1.29 is 9.59 Å². The van der Waals surface area contributed by atoms with Gasteiger partial charge in [-0.1, -0.05) is 0 Å². The first kappa shape index (κ1) is 10.9. The van der Waals surface area contributed by atoms with Gasteiger partial charge in [0, 0.05) is 32.6 Å². The summed E-state index contributed by atoms with van der Waals surface area (Å²) in [6, 6.07) is -0.198. The van der Waals surface area contributed by atoms with Crippen LogP contribution >= 0.6 is 0 Å². The summed E-state index contributed by atoms with van der Waals surface area (Å²) in [7, 11) is 0. The predicted molar refractivity (Wildman–Crippen MR) is 51.5 cm³/mol. The Balaban J connectivity index is 2.16. The molecule has 1 atom stereocenters. The van der Waals surface area contributed by atoms with Gasteiger partial charge in [0.25, 0.3) is 0 Å². The van der Waals surface area contributed by atoms with E-state index in [0.717, 1.165) is 13.1 Å². The first-order valence-electron chi connectivity index (χ1n) is 4.70. The zero-order valence-corrected chi connectivity index (χ0v) is 8.01. The van der Waals surface area contributed by atoms with Crippen LogP contribution in [0.15, 0.2) is 0 Å². The largest absolute Gasteiger partial charge is 0.370 e. The number of nitrogens with one attached hydrogen (secondary N) is 3. The molecule has 1 aliphatic rings. The van der Waals surface area contributed by atoms with Crippen LogP contribution in [0.5, 0.6) is 0 Å². The zero-order valence-electron chi connectivity index (χ0n) is 8.01. The Labute approximate surface area is 82.6 Å². The molecule has 5 N–H and O–H groups in total. The minimum absolute atomic E-state index is 0.0848. The number of primary amides is 1. The van der Waals surface area contributed by atoms with Crippen molar-refractivity contribution >= 4 is 11.8 Å². The molecule has 0 spiro atoms. The normalized spacial score (nSPS) is 21.6. The van der Waals surface area contributed by atoms with Gasteiger partial charge >= 0.3 is 0 Å². The van der Waals surface area contributed by atoms with Gasteiger partial charge in [-0.05, 0) is 0 Å². The van der Waals surface area contributed by atoms with Crippen LogP contribution in [-0.2, 0) is 9.59 Å². The fourth-order valence-electron chi connectivity index (χ4n) is 1.27. The van der Waals surface area contributed by atoms with E-state index >= 15 is 0 Å². The summed E-state index contributed by atoms with van der Waals surface area (Å²) in [6.45, 7) is 2.60. The van der Waals surface area contributed by atoms with E-state index in [-0.39, 0.29) is 18.4 Å². The number of rotatable bonds is 4. The van der Waals surface area contributed by atoms with Gasteiger partial charge in [-0.3, -0.25) is 9.59 Å². The smallest absolute Gasteiger partial charge is 0.238 e. The number of carbonyl (C=O) groups is 2. The molecule has 0 bridgehead atoms. The molecule has 1 rings (SSSR count). The number of hydrogen-bond donors (Lipinski definition) is 4. The van der Waals surface area contributed by atoms with Crippen molar-refractivity contribution in [2.45, 2.75) is 12.5 Å². The van der Waals surface area contributed by atoms with Gasteiger partial charge < -0.3 is 21.7 Å². The molecule has 1 fully saturated rings. The summed E-state index contributed by atoms with van der Waals surface area (Å²) in [4.78, 5) is 21.8. The molecule has 0 radical (unpaired) electrons. The van der Waals surface area contributed by atoms with Gasteiger partial charge in [0.05, 0.1) is 6.04 Å². The lowest BCUT2D eigenvalue weighted by molar-refractivity contribution is -0.123. The highest BCUT2D eigenvalue weighted by Crippen LogP contribution is 1.87. The maximum Gasteiger partial charge on any atom is 0.238 e. The fourth-order valence-corrected chi connectivity index (χ4v) is 1.27. The van der Waals surface area contributed by atoms with Crippen LogP contribution in [0.25, 0.3) is 0 Å². The van der Waals surface area contributed by atoms with E-state index in [1.165, 1.54) is 0 Å². The Morgan fingerprint density at radius 2 is 2.21 bits per heavy atom. The van der Waals surface area contributed by atoms with E-state index < -0.39 is 5.91 Å². The van der Waals surface area contributed by atoms with Crippen LogP contribution in [0.1, 0.15) is 6.42 Å². The molecule has 14 heavy (non-hydrogen) atoms. The quantitative estimate of drug-likeness (QED) is 0.404. The van der Waals surface area contributed by atoms with E-state index in [2.05, 4.69) is 16.0 Å². The lowest BCUT2D eigenvalue weighted by atomic mass is 10.2. The molecule has 0 aromatic carbocycles. The number of nitrogens with two attached hydrogens (primary N) is 1. The van der Waals surface area contributed by atoms with Crippen LogP contribution in [0.3, 0.4) is 0 Å². The SMILES string of the molecule is NC(=O)CCNC(=O)C1CNCCN1. The minimum atomic E-state index is -0.403. The average Bonchev–Trinajstić information content (AvgIpc) is 2.18. The highest BCUT2D eigenvalue weighted by Gasteiger charge is 2.19. The molecule has 1 aliphatic heterocycles. The van der Waals surface area contributed by atoms with Crippen LogP contribution < -0.4 is 21.7 Å². The molecular weight excluding hydrogens is 184 g/mol. The predicted octanol–water partition coefficient (Wildman–Crippen LogP) is -2.46. The highest BCUT2D eigenvalue weighted by atomic mass is 16.2. The second-order valence-electron chi connectivity index (χ2n) is 3.22. The van der Waals surface area contributed by atoms with Crippen LogP contribution in [0.2, 0.25) is 0 Å². The first-order chi connectivity index (χ1) is 6.70. The molecule has 1 heterocycles. The van der Waals surface area contributed by atoms with Crippen molar-refractivity contribution in [3.8, 4) is 0 Å². The first-order valence-corrected chi connectivity index (χ1v) is 4.70. The molecule has 1 saturated heterocycles. The molecule has 80 valence electrons. The molecule has 0 saturated carbocycles. The third-order valence-electron chi connectivity index (χ3n) is 2.03. The van der Waals surface area contributed by atoms with Crippen molar-refractivity contribution in [1.29, 1.82) is 0 Å². The molecule has 0 aromatic heterocycles. The van der Waals surface area contributed by atoms with E-state index in [9.17, 15) is 9.59 Å². The monoisotopic (exact) mass is 200 g/mol. The molecule has 0 aromatic rings. The van der Waals surface area contributed by atoms with E-state index in [1.807, 2.05) is 0 Å². The van der Waals surface area contributed by atoms with Gasteiger partial charge in [-0.25, -0.2) is 0 Å². The van der Waals surface area contributed by atoms with Crippen LogP contribution in [0, 0.1) is 0 Å². The summed E-state index contributed by atoms with van der Waals surface area (Å²) in [5.74, 6) is -0.488. The topological polar surface area (TPSA) is 96.2 Å². The Hall–Kier alpha value is -1.14. The summed E-state index contributed by atoms with van der Waals surface area (Å²) in [6.07, 6.45) is 0.186. The standard InChI is InChI=1S/C8H16N4O2/c9-7(13)1-2-12-8(14)6-5-10-3-4-11-6/h6,10-11H,1-5H2,(H2,9,13)(H,12,14). The number of carbonyl (C=O) groups excluding carboxylic acids is 2. The van der Waals surface area contributed by atoms with E-state index in [4.69, 9.17) is 5.73 Å². The van der Waals surface area contributed by atoms with Crippen molar-refractivity contribution in [3.63, 3.8) is 0 Å². The van der Waals surface area contributed by atoms with Crippen LogP contribution in [-0.4, -0.2) is 44.0 Å². The molecule has 6 nitrogen and oxygen atoms in total. The van der Waals surface area contributed by atoms with Gasteiger partial charge in [-0.2, -0.15) is 0 Å². The summed E-state index contributed by atoms with van der Waals surface area (Å²) in [5.41, 5.74) is 4.94.